The molecule has 0 aromatic heterocycles. The summed E-state index contributed by atoms with van der Waals surface area (Å²) in [6.45, 7) is 5.81. The monoisotopic (exact) mass is 390 g/mol. The molecule has 0 aliphatic carbocycles. The van der Waals surface area contributed by atoms with E-state index >= 15 is 0 Å². The molecule has 0 fully saturated rings. The van der Waals surface area contributed by atoms with Crippen LogP contribution in [0.15, 0.2) is 71.1 Å². The van der Waals surface area contributed by atoms with Crippen molar-refractivity contribution >= 4 is 17.7 Å². The zero-order chi connectivity index (χ0) is 19.8. The van der Waals surface area contributed by atoms with E-state index in [4.69, 9.17) is 4.74 Å². The van der Waals surface area contributed by atoms with Gasteiger partial charge in [0.1, 0.15) is 0 Å². The van der Waals surface area contributed by atoms with Gasteiger partial charge in [-0.1, -0.05) is 47.5 Å². The summed E-state index contributed by atoms with van der Waals surface area (Å²) in [5, 5.41) is -0.588. The molecule has 0 aliphatic rings. The molecule has 0 amide bonds. The van der Waals surface area contributed by atoms with Gasteiger partial charge in [0.2, 0.25) is 0 Å². The second-order valence-electron chi connectivity index (χ2n) is 6.56. The largest absolute Gasteiger partial charge is 0.451 e. The number of thioether (sulfide) groups is 1. The molecule has 0 N–H and O–H groups in total. The molecule has 0 saturated carbocycles. The molecule has 144 valence electrons. The van der Waals surface area contributed by atoms with Crippen LogP contribution in [0.3, 0.4) is 0 Å². The minimum Gasteiger partial charge on any atom is -0.451 e. The Morgan fingerprint density at radius 1 is 1.07 bits per heavy atom. The zero-order valence-corrected chi connectivity index (χ0v) is 16.5. The first-order valence-electron chi connectivity index (χ1n) is 8.77. The van der Waals surface area contributed by atoms with E-state index in [0.29, 0.717) is 6.42 Å². The van der Waals surface area contributed by atoms with Gasteiger partial charge in [-0.2, -0.15) is 0 Å². The predicted octanol–water partition coefficient (Wildman–Crippen LogP) is 6.30. The quantitative estimate of drug-likeness (QED) is 0.300. The van der Waals surface area contributed by atoms with Gasteiger partial charge in [-0.25, -0.2) is 13.6 Å². The maximum absolute atomic E-state index is 13.8. The van der Waals surface area contributed by atoms with E-state index in [1.54, 1.807) is 30.3 Å². The van der Waals surface area contributed by atoms with E-state index in [1.165, 1.54) is 11.8 Å². The number of hydrogen-bond acceptors (Lipinski definition) is 3. The van der Waals surface area contributed by atoms with Crippen molar-refractivity contribution in [3.8, 4) is 0 Å². The Morgan fingerprint density at radius 3 is 2.26 bits per heavy atom. The van der Waals surface area contributed by atoms with Gasteiger partial charge >= 0.3 is 5.97 Å². The number of rotatable bonds is 8. The van der Waals surface area contributed by atoms with Crippen LogP contribution in [0.1, 0.15) is 36.2 Å². The van der Waals surface area contributed by atoms with Gasteiger partial charge < -0.3 is 4.74 Å². The molecule has 27 heavy (non-hydrogen) atoms. The number of esters is 1. The summed E-state index contributed by atoms with van der Waals surface area (Å²) >= 11 is 1.31. The number of benzene rings is 2. The molecule has 0 saturated heterocycles. The lowest BCUT2D eigenvalue weighted by atomic mass is 10.1. The molecule has 0 heterocycles. The van der Waals surface area contributed by atoms with Gasteiger partial charge in [-0.3, -0.25) is 0 Å². The number of halogens is 2. The summed E-state index contributed by atoms with van der Waals surface area (Å²) in [6, 6.07) is 15.9. The average Bonchev–Trinajstić information content (AvgIpc) is 2.65. The summed E-state index contributed by atoms with van der Waals surface area (Å²) < 4.78 is 32.9. The van der Waals surface area contributed by atoms with Crippen molar-refractivity contribution in [1.82, 2.24) is 0 Å². The van der Waals surface area contributed by atoms with Crippen LogP contribution in [-0.2, 0) is 4.74 Å². The van der Waals surface area contributed by atoms with Crippen LogP contribution >= 0.6 is 11.8 Å². The van der Waals surface area contributed by atoms with Gasteiger partial charge in [0, 0.05) is 4.90 Å². The van der Waals surface area contributed by atoms with Crippen molar-refractivity contribution < 1.29 is 18.3 Å². The number of hydrogen-bond donors (Lipinski definition) is 0. The van der Waals surface area contributed by atoms with E-state index in [2.05, 4.69) is 0 Å². The Labute approximate surface area is 163 Å². The Morgan fingerprint density at radius 2 is 1.70 bits per heavy atom. The first kappa shape index (κ1) is 21.2. The molecular formula is C22H24F2O2S. The minimum absolute atomic E-state index is 0.268. The van der Waals surface area contributed by atoms with Crippen molar-refractivity contribution in [3.05, 3.63) is 77.4 Å². The third-order valence-corrected chi connectivity index (χ3v) is 5.24. The lowest BCUT2D eigenvalue weighted by molar-refractivity contribution is -0.0335. The smallest absolute Gasteiger partial charge is 0.338 e. The van der Waals surface area contributed by atoms with Gasteiger partial charge in [0.25, 0.3) is 6.43 Å². The van der Waals surface area contributed by atoms with E-state index in [1.807, 2.05) is 51.1 Å². The lowest BCUT2D eigenvalue weighted by Gasteiger charge is -2.25. The highest BCUT2D eigenvalue weighted by molar-refractivity contribution is 8.00. The zero-order valence-electron chi connectivity index (χ0n) is 15.7. The van der Waals surface area contributed by atoms with Crippen LogP contribution in [-0.4, -0.2) is 23.7 Å². The fourth-order valence-corrected chi connectivity index (χ4v) is 3.59. The van der Waals surface area contributed by atoms with Crippen LogP contribution in [0.4, 0.5) is 8.78 Å². The molecule has 0 aliphatic heterocycles. The molecule has 5 heteroatoms. The molecular weight excluding hydrogens is 366 g/mol. The fourth-order valence-electron chi connectivity index (χ4n) is 2.45. The summed E-state index contributed by atoms with van der Waals surface area (Å²) in [4.78, 5) is 13.2. The molecule has 2 nitrogen and oxygen atoms in total. The second kappa shape index (κ2) is 10.3. The first-order valence-corrected chi connectivity index (χ1v) is 9.65. The summed E-state index contributed by atoms with van der Waals surface area (Å²) in [5.41, 5.74) is 2.40. The topological polar surface area (TPSA) is 26.3 Å². The second-order valence-corrected chi connectivity index (χ2v) is 7.87. The van der Waals surface area contributed by atoms with Crippen LogP contribution in [0, 0.1) is 6.92 Å². The number of aryl methyl sites for hydroxylation is 1. The number of ether oxygens (including phenoxy) is 1. The molecule has 2 aromatic rings. The lowest BCUT2D eigenvalue weighted by Crippen LogP contribution is -2.35. The van der Waals surface area contributed by atoms with E-state index in [-0.39, 0.29) is 5.56 Å². The Hall–Kier alpha value is -2.14. The molecule has 2 atom stereocenters. The molecule has 0 radical (unpaired) electrons. The highest BCUT2D eigenvalue weighted by Gasteiger charge is 2.34. The summed E-state index contributed by atoms with van der Waals surface area (Å²) in [6.07, 6.45) is -1.99. The van der Waals surface area contributed by atoms with Crippen molar-refractivity contribution in [1.29, 1.82) is 0 Å². The van der Waals surface area contributed by atoms with Crippen molar-refractivity contribution in [2.45, 2.75) is 49.9 Å². The van der Waals surface area contributed by atoms with Crippen molar-refractivity contribution in [2.24, 2.45) is 0 Å². The maximum atomic E-state index is 13.8. The Kier molecular flexibility index (Phi) is 8.04. The van der Waals surface area contributed by atoms with E-state index in [0.717, 1.165) is 16.0 Å². The number of carbonyl (C=O) groups is 1. The molecule has 2 aromatic carbocycles. The maximum Gasteiger partial charge on any atom is 0.338 e. The Bertz CT molecular complexity index is 754. The van der Waals surface area contributed by atoms with Crippen molar-refractivity contribution in [2.75, 3.05) is 0 Å². The van der Waals surface area contributed by atoms with Crippen LogP contribution in [0.2, 0.25) is 0 Å². The van der Waals surface area contributed by atoms with Gasteiger partial charge in [-0.05, 0) is 51.5 Å². The third kappa shape index (κ3) is 6.83. The average molecular weight is 390 g/mol. The van der Waals surface area contributed by atoms with E-state index in [9.17, 15) is 13.6 Å². The fraction of sp³-hybridized carbons (Fsp3) is 0.318. The van der Waals surface area contributed by atoms with E-state index < -0.39 is 23.7 Å². The van der Waals surface area contributed by atoms with Gasteiger partial charge in [0.05, 0.1) is 10.8 Å². The predicted molar refractivity (Wildman–Crippen MR) is 107 cm³/mol. The first-order chi connectivity index (χ1) is 12.9. The minimum atomic E-state index is -2.77. The normalized spacial score (nSPS) is 13.1. The number of carbonyl (C=O) groups excluding carboxylic acids is 1. The van der Waals surface area contributed by atoms with Gasteiger partial charge in [0.15, 0.2) is 6.10 Å². The van der Waals surface area contributed by atoms with Crippen molar-refractivity contribution in [3.63, 3.8) is 0 Å². The van der Waals surface area contributed by atoms with Crippen LogP contribution < -0.4 is 0 Å². The van der Waals surface area contributed by atoms with Crippen LogP contribution in [0.5, 0.6) is 0 Å². The highest BCUT2D eigenvalue weighted by atomic mass is 32.2. The molecule has 0 unspecified atom stereocenters. The third-order valence-electron chi connectivity index (χ3n) is 3.93. The SMILES string of the molecule is CC(C)=CC[C@@H](Sc1ccc(C)cc1)[C@@H](OC(=O)c1ccccc1)C(F)F. The van der Waals surface area contributed by atoms with Crippen LogP contribution in [0.25, 0.3) is 0 Å². The molecule has 0 bridgehead atoms. The molecule has 0 spiro atoms. The molecule has 2 rings (SSSR count). The number of alkyl halides is 2. The number of allylic oxidation sites excluding steroid dienone is 2. The summed E-state index contributed by atoms with van der Waals surface area (Å²) in [5.74, 6) is -0.729. The summed E-state index contributed by atoms with van der Waals surface area (Å²) in [7, 11) is 0. The highest BCUT2D eigenvalue weighted by Crippen LogP contribution is 2.32. The van der Waals surface area contributed by atoms with Gasteiger partial charge in [-0.15, -0.1) is 11.8 Å². The Balaban J connectivity index is 2.22. The standard InChI is InChI=1S/C22H24F2O2S/c1-15(2)9-14-19(27-18-12-10-16(3)11-13-18)20(21(23)24)26-22(25)17-7-5-4-6-8-17/h4-13,19-21H,14H2,1-3H3/t19-,20-/m1/s1.